The fraction of sp³-hybridized carbons (Fsp3) is 0.435. The van der Waals surface area contributed by atoms with Crippen LogP contribution >= 0.6 is 11.6 Å². The molecule has 3 heterocycles. The molecule has 0 radical (unpaired) electrons. The highest BCUT2D eigenvalue weighted by Gasteiger charge is 2.51. The van der Waals surface area contributed by atoms with E-state index in [1.807, 2.05) is 12.1 Å². The highest BCUT2D eigenvalue weighted by atomic mass is 35.5. The number of anilines is 3. The predicted octanol–water partition coefficient (Wildman–Crippen LogP) is 4.19. The lowest BCUT2D eigenvalue weighted by Crippen LogP contribution is -2.33. The third kappa shape index (κ3) is 3.94. The van der Waals surface area contributed by atoms with Crippen molar-refractivity contribution in [3.05, 3.63) is 51.7 Å². The maximum atomic E-state index is 13.9. The zero-order valence-electron chi connectivity index (χ0n) is 19.0. The SMILES string of the molecule is Cn1c(=O)n(CCC(C)(C)O)c2cc(Nc3nc(N4C=C5CC4CC5(F)F)ncc3Cl)ccc21. The number of nitrogens with zero attached hydrogens (tertiary/aromatic N) is 5. The summed E-state index contributed by atoms with van der Waals surface area (Å²) < 4.78 is 30.9. The van der Waals surface area contributed by atoms with Gasteiger partial charge in [0.15, 0.2) is 5.82 Å². The molecule has 1 atom stereocenters. The molecule has 1 aliphatic carbocycles. The van der Waals surface area contributed by atoms with E-state index in [0.29, 0.717) is 42.4 Å². The summed E-state index contributed by atoms with van der Waals surface area (Å²) in [5.74, 6) is -2.13. The maximum Gasteiger partial charge on any atom is 0.328 e. The van der Waals surface area contributed by atoms with E-state index in [1.54, 1.807) is 41.0 Å². The predicted molar refractivity (Wildman–Crippen MR) is 127 cm³/mol. The third-order valence-electron chi connectivity index (χ3n) is 6.42. The van der Waals surface area contributed by atoms with Crippen molar-refractivity contribution in [1.82, 2.24) is 19.1 Å². The lowest BCUT2D eigenvalue weighted by Gasteiger charge is -2.26. The highest BCUT2D eigenvalue weighted by Crippen LogP contribution is 2.48. The van der Waals surface area contributed by atoms with Crippen LogP contribution in [0, 0.1) is 0 Å². The average Bonchev–Trinajstić information content (AvgIpc) is 3.37. The number of fused-ring (bicyclic) bond motifs is 3. The molecule has 2 aliphatic rings. The summed E-state index contributed by atoms with van der Waals surface area (Å²) in [6.45, 7) is 3.76. The smallest absolute Gasteiger partial charge is 0.328 e. The minimum Gasteiger partial charge on any atom is -0.390 e. The van der Waals surface area contributed by atoms with Gasteiger partial charge in [-0.25, -0.2) is 18.6 Å². The summed E-state index contributed by atoms with van der Waals surface area (Å²) in [5.41, 5.74) is 1.13. The Bertz CT molecular complexity index is 1370. The first-order valence-corrected chi connectivity index (χ1v) is 11.4. The molecular formula is C23H25ClF2N6O2. The minimum atomic E-state index is -2.76. The van der Waals surface area contributed by atoms with E-state index < -0.39 is 11.5 Å². The summed E-state index contributed by atoms with van der Waals surface area (Å²) in [7, 11) is 1.70. The number of hydrogen-bond donors (Lipinski definition) is 2. The van der Waals surface area contributed by atoms with Crippen LogP contribution in [0.5, 0.6) is 0 Å². The molecule has 5 rings (SSSR count). The Labute approximate surface area is 199 Å². The van der Waals surface area contributed by atoms with Gasteiger partial charge in [0.1, 0.15) is 5.02 Å². The number of nitrogens with one attached hydrogen (secondary N) is 1. The Morgan fingerprint density at radius 2 is 2.09 bits per heavy atom. The fourth-order valence-electron chi connectivity index (χ4n) is 4.54. The van der Waals surface area contributed by atoms with Gasteiger partial charge in [-0.1, -0.05) is 11.6 Å². The molecule has 1 fully saturated rings. The summed E-state index contributed by atoms with van der Waals surface area (Å²) in [5, 5.41) is 13.5. The molecule has 3 aromatic rings. The van der Waals surface area contributed by atoms with E-state index >= 15 is 0 Å². The van der Waals surface area contributed by atoms with Crippen LogP contribution in [0.15, 0.2) is 41.0 Å². The van der Waals surface area contributed by atoms with Gasteiger partial charge < -0.3 is 15.3 Å². The van der Waals surface area contributed by atoms with Crippen molar-refractivity contribution in [3.8, 4) is 0 Å². The topological polar surface area (TPSA) is 88.2 Å². The monoisotopic (exact) mass is 490 g/mol. The minimum absolute atomic E-state index is 0.101. The van der Waals surface area contributed by atoms with E-state index in [1.165, 1.54) is 12.4 Å². The molecule has 1 unspecified atom stereocenters. The fourth-order valence-corrected chi connectivity index (χ4v) is 4.68. The molecule has 34 heavy (non-hydrogen) atoms. The van der Waals surface area contributed by atoms with Gasteiger partial charge in [0.2, 0.25) is 5.95 Å². The van der Waals surface area contributed by atoms with E-state index in [0.717, 1.165) is 5.52 Å². The van der Waals surface area contributed by atoms with E-state index in [2.05, 4.69) is 15.3 Å². The standard InChI is InChI=1S/C23H25ClF2N6O2/c1-22(2,34)6-7-31-18-9-14(4-5-17(18)30(3)21(31)33)28-19-16(24)11-27-20(29-19)32-12-13-8-15(32)10-23(13,25)26/h4-5,9,11-12,15,34H,6-8,10H2,1-3H3,(H,27,28,29). The molecule has 180 valence electrons. The average molecular weight is 491 g/mol. The van der Waals surface area contributed by atoms with Gasteiger partial charge in [0.05, 0.1) is 22.8 Å². The number of benzene rings is 1. The Morgan fingerprint density at radius 3 is 2.74 bits per heavy atom. The summed E-state index contributed by atoms with van der Waals surface area (Å²) in [6, 6.07) is 5.08. The summed E-state index contributed by atoms with van der Waals surface area (Å²) >= 11 is 6.33. The molecule has 0 spiro atoms. The van der Waals surface area contributed by atoms with Crippen molar-refractivity contribution in [2.45, 2.75) is 57.2 Å². The Morgan fingerprint density at radius 1 is 1.32 bits per heavy atom. The van der Waals surface area contributed by atoms with Crippen molar-refractivity contribution in [2.24, 2.45) is 7.05 Å². The van der Waals surface area contributed by atoms with Gasteiger partial charge in [0, 0.05) is 43.5 Å². The van der Waals surface area contributed by atoms with Crippen LogP contribution in [0.2, 0.25) is 5.02 Å². The number of hydrogen-bond acceptors (Lipinski definition) is 6. The lowest BCUT2D eigenvalue weighted by atomic mass is 10.1. The molecule has 1 aliphatic heterocycles. The van der Waals surface area contributed by atoms with Crippen molar-refractivity contribution in [1.29, 1.82) is 0 Å². The van der Waals surface area contributed by atoms with Crippen LogP contribution in [0.25, 0.3) is 11.0 Å². The highest BCUT2D eigenvalue weighted by molar-refractivity contribution is 6.32. The van der Waals surface area contributed by atoms with Crippen LogP contribution in [-0.2, 0) is 13.6 Å². The van der Waals surface area contributed by atoms with Crippen LogP contribution in [0.4, 0.5) is 26.2 Å². The summed E-state index contributed by atoms with van der Waals surface area (Å²) in [4.78, 5) is 23.1. The van der Waals surface area contributed by atoms with Crippen LogP contribution in [-0.4, -0.2) is 41.8 Å². The zero-order chi connectivity index (χ0) is 24.4. The molecule has 1 saturated carbocycles. The molecule has 11 heteroatoms. The second kappa shape index (κ2) is 7.78. The normalized spacial score (nSPS) is 19.2. The van der Waals surface area contributed by atoms with Crippen molar-refractivity contribution in [3.63, 3.8) is 0 Å². The molecule has 2 aromatic heterocycles. The van der Waals surface area contributed by atoms with Gasteiger partial charge >= 0.3 is 5.69 Å². The zero-order valence-corrected chi connectivity index (χ0v) is 19.8. The van der Waals surface area contributed by atoms with Gasteiger partial charge in [-0.3, -0.25) is 9.13 Å². The first-order chi connectivity index (χ1) is 15.9. The maximum absolute atomic E-state index is 13.9. The van der Waals surface area contributed by atoms with Gasteiger partial charge in [0.25, 0.3) is 5.92 Å². The number of imidazole rings is 1. The first kappa shape index (κ1) is 22.8. The van der Waals surface area contributed by atoms with Crippen LogP contribution < -0.4 is 15.9 Å². The van der Waals surface area contributed by atoms with Crippen molar-refractivity contribution >= 4 is 40.1 Å². The van der Waals surface area contributed by atoms with Gasteiger partial charge in [-0.2, -0.15) is 4.98 Å². The summed E-state index contributed by atoms with van der Waals surface area (Å²) in [6.07, 6.45) is 3.33. The molecule has 0 saturated heterocycles. The molecule has 2 N–H and O–H groups in total. The van der Waals surface area contributed by atoms with Crippen LogP contribution in [0.1, 0.15) is 33.1 Å². The number of alkyl halides is 2. The van der Waals surface area contributed by atoms with Crippen LogP contribution in [0.3, 0.4) is 0 Å². The Kier molecular flexibility index (Phi) is 5.21. The van der Waals surface area contributed by atoms with E-state index in [-0.39, 0.29) is 28.7 Å². The molecule has 8 nitrogen and oxygen atoms in total. The number of rotatable bonds is 6. The number of aliphatic hydroxyl groups is 1. The molecular weight excluding hydrogens is 466 g/mol. The van der Waals surface area contributed by atoms with Gasteiger partial charge in [-0.15, -0.1) is 0 Å². The Balaban J connectivity index is 1.46. The lowest BCUT2D eigenvalue weighted by molar-refractivity contribution is 0.0427. The van der Waals surface area contributed by atoms with E-state index in [9.17, 15) is 18.7 Å². The second-order valence-electron chi connectivity index (χ2n) is 9.58. The van der Waals surface area contributed by atoms with Crippen molar-refractivity contribution < 1.29 is 13.9 Å². The van der Waals surface area contributed by atoms with Crippen molar-refractivity contribution in [2.75, 3.05) is 10.2 Å². The molecule has 0 amide bonds. The number of halogens is 3. The molecule has 2 bridgehead atoms. The number of aryl methyl sites for hydroxylation is 2. The molecule has 1 aromatic carbocycles. The number of aromatic nitrogens is 4. The largest absolute Gasteiger partial charge is 0.390 e. The quantitative estimate of drug-likeness (QED) is 0.538. The third-order valence-corrected chi connectivity index (χ3v) is 6.70. The first-order valence-electron chi connectivity index (χ1n) is 11.0. The Hall–Kier alpha value is -2.98. The van der Waals surface area contributed by atoms with Gasteiger partial charge in [-0.05, 0) is 44.9 Å². The van der Waals surface area contributed by atoms with E-state index in [4.69, 9.17) is 11.6 Å². The second-order valence-corrected chi connectivity index (χ2v) is 9.99.